The van der Waals surface area contributed by atoms with Gasteiger partial charge in [0.15, 0.2) is 5.78 Å². The zero-order valence-corrected chi connectivity index (χ0v) is 12.6. The van der Waals surface area contributed by atoms with E-state index in [2.05, 4.69) is 4.98 Å². The smallest absolute Gasteiger partial charge is 0.172 e. The summed E-state index contributed by atoms with van der Waals surface area (Å²) in [6.07, 6.45) is 1.76. The second-order valence-corrected chi connectivity index (χ2v) is 5.92. The third-order valence-electron chi connectivity index (χ3n) is 4.01. The number of carbonyl (C=O) groups excluding carboxylic acids is 1. The molecule has 0 saturated heterocycles. The van der Waals surface area contributed by atoms with E-state index in [4.69, 9.17) is 0 Å². The molecule has 1 heterocycles. The van der Waals surface area contributed by atoms with Gasteiger partial charge in [-0.1, -0.05) is 18.2 Å². The van der Waals surface area contributed by atoms with Crippen molar-refractivity contribution in [3.8, 4) is 5.75 Å². The van der Waals surface area contributed by atoms with Crippen molar-refractivity contribution in [1.29, 1.82) is 0 Å². The molecule has 0 radical (unpaired) electrons. The molecule has 1 N–H and O–H groups in total. The van der Waals surface area contributed by atoms with Crippen LogP contribution in [-0.2, 0) is 5.41 Å². The third-order valence-corrected chi connectivity index (χ3v) is 4.01. The van der Waals surface area contributed by atoms with E-state index in [1.54, 1.807) is 18.3 Å². The molecule has 2 aromatic carbocycles. The van der Waals surface area contributed by atoms with Crippen LogP contribution in [0.1, 0.15) is 29.8 Å². The number of ketones is 1. The highest BCUT2D eigenvalue weighted by molar-refractivity contribution is 6.04. The number of phenolic OH excluding ortho intramolecular Hbond substituents is 1. The van der Waals surface area contributed by atoms with Crippen molar-refractivity contribution in [1.82, 2.24) is 4.98 Å². The van der Waals surface area contributed by atoms with Gasteiger partial charge < -0.3 is 5.11 Å². The summed E-state index contributed by atoms with van der Waals surface area (Å²) in [6.45, 7) is 3.79. The number of fused-ring (bicyclic) bond motifs is 1. The molecule has 3 aromatic rings. The molecule has 0 aliphatic rings. The minimum atomic E-state index is -0.687. The Bertz CT molecular complexity index is 835. The SMILES string of the molecule is CC(C)(C(=O)c1ccc(O)cc1)c1cnc2ccccc2c1. The van der Waals surface area contributed by atoms with Crippen molar-refractivity contribution < 1.29 is 9.90 Å². The first-order valence-electron chi connectivity index (χ1n) is 7.17. The van der Waals surface area contributed by atoms with Crippen LogP contribution >= 0.6 is 0 Å². The van der Waals surface area contributed by atoms with Crippen LogP contribution in [0.25, 0.3) is 10.9 Å². The summed E-state index contributed by atoms with van der Waals surface area (Å²) in [5.74, 6) is 0.159. The molecule has 0 atom stereocenters. The van der Waals surface area contributed by atoms with Crippen molar-refractivity contribution >= 4 is 16.7 Å². The van der Waals surface area contributed by atoms with E-state index in [9.17, 15) is 9.90 Å². The molecule has 0 fully saturated rings. The van der Waals surface area contributed by atoms with Gasteiger partial charge in [-0.05, 0) is 55.8 Å². The highest BCUT2D eigenvalue weighted by atomic mass is 16.3. The molecule has 3 rings (SSSR count). The number of hydrogen-bond acceptors (Lipinski definition) is 3. The minimum Gasteiger partial charge on any atom is -0.508 e. The van der Waals surface area contributed by atoms with Crippen LogP contribution < -0.4 is 0 Å². The molecule has 0 aliphatic heterocycles. The molecule has 0 spiro atoms. The van der Waals surface area contributed by atoms with E-state index in [0.717, 1.165) is 16.5 Å². The molecule has 0 bridgehead atoms. The van der Waals surface area contributed by atoms with Gasteiger partial charge in [-0.25, -0.2) is 0 Å². The van der Waals surface area contributed by atoms with Crippen LogP contribution in [0.2, 0.25) is 0 Å². The Morgan fingerprint density at radius 3 is 2.45 bits per heavy atom. The quantitative estimate of drug-likeness (QED) is 0.739. The average molecular weight is 291 g/mol. The topological polar surface area (TPSA) is 50.2 Å². The Hall–Kier alpha value is -2.68. The Kier molecular flexibility index (Phi) is 3.41. The van der Waals surface area contributed by atoms with Gasteiger partial charge >= 0.3 is 0 Å². The normalized spacial score (nSPS) is 11.5. The fourth-order valence-corrected chi connectivity index (χ4v) is 2.52. The molecular formula is C19H17NO2. The van der Waals surface area contributed by atoms with Crippen molar-refractivity contribution in [2.45, 2.75) is 19.3 Å². The second-order valence-electron chi connectivity index (χ2n) is 5.92. The van der Waals surface area contributed by atoms with Crippen molar-refractivity contribution in [3.63, 3.8) is 0 Å². The van der Waals surface area contributed by atoms with E-state index >= 15 is 0 Å². The van der Waals surface area contributed by atoms with Gasteiger partial charge in [-0.3, -0.25) is 9.78 Å². The number of benzene rings is 2. The maximum absolute atomic E-state index is 12.8. The summed E-state index contributed by atoms with van der Waals surface area (Å²) < 4.78 is 0. The van der Waals surface area contributed by atoms with Crippen LogP contribution in [-0.4, -0.2) is 15.9 Å². The number of phenols is 1. The number of rotatable bonds is 3. The minimum absolute atomic E-state index is 0.00424. The van der Waals surface area contributed by atoms with Gasteiger partial charge in [-0.2, -0.15) is 0 Å². The number of Topliss-reactive ketones (excluding diaryl/α,β-unsaturated/α-hetero) is 1. The number of hydrogen-bond donors (Lipinski definition) is 1. The van der Waals surface area contributed by atoms with Crippen molar-refractivity contribution in [2.75, 3.05) is 0 Å². The Morgan fingerprint density at radius 1 is 1.05 bits per heavy atom. The number of para-hydroxylation sites is 1. The Labute approximate surface area is 129 Å². The van der Waals surface area contributed by atoms with Gasteiger partial charge in [0.25, 0.3) is 0 Å². The van der Waals surface area contributed by atoms with Gasteiger partial charge in [-0.15, -0.1) is 0 Å². The van der Waals surface area contributed by atoms with Crippen molar-refractivity contribution in [2.24, 2.45) is 0 Å². The largest absolute Gasteiger partial charge is 0.508 e. The highest BCUT2D eigenvalue weighted by Crippen LogP contribution is 2.29. The molecule has 1 aromatic heterocycles. The fraction of sp³-hybridized carbons (Fsp3) is 0.158. The van der Waals surface area contributed by atoms with Crippen molar-refractivity contribution in [3.05, 3.63) is 71.9 Å². The molecule has 110 valence electrons. The van der Waals surface area contributed by atoms with E-state index in [1.165, 1.54) is 12.1 Å². The molecule has 3 nitrogen and oxygen atoms in total. The zero-order valence-electron chi connectivity index (χ0n) is 12.6. The third kappa shape index (κ3) is 2.46. The summed E-state index contributed by atoms with van der Waals surface area (Å²) in [6, 6.07) is 16.2. The molecular weight excluding hydrogens is 274 g/mol. The fourth-order valence-electron chi connectivity index (χ4n) is 2.52. The summed E-state index contributed by atoms with van der Waals surface area (Å²) >= 11 is 0. The molecule has 0 saturated carbocycles. The van der Waals surface area contributed by atoms with Gasteiger partial charge in [0.2, 0.25) is 0 Å². The predicted octanol–water partition coefficient (Wildman–Crippen LogP) is 4.10. The Morgan fingerprint density at radius 2 is 1.73 bits per heavy atom. The number of aromatic nitrogens is 1. The average Bonchev–Trinajstić information content (AvgIpc) is 2.54. The summed E-state index contributed by atoms with van der Waals surface area (Å²) in [4.78, 5) is 17.3. The van der Waals surface area contributed by atoms with Crippen LogP contribution in [0, 0.1) is 0 Å². The van der Waals surface area contributed by atoms with Gasteiger partial charge in [0.1, 0.15) is 5.75 Å². The van der Waals surface area contributed by atoms with Crippen LogP contribution in [0.3, 0.4) is 0 Å². The lowest BCUT2D eigenvalue weighted by Crippen LogP contribution is -2.29. The monoisotopic (exact) mass is 291 g/mol. The first-order chi connectivity index (χ1) is 10.5. The molecule has 0 unspecified atom stereocenters. The van der Waals surface area contributed by atoms with E-state index in [0.29, 0.717) is 5.56 Å². The number of nitrogens with zero attached hydrogens (tertiary/aromatic N) is 1. The lowest BCUT2D eigenvalue weighted by molar-refractivity contribution is 0.0908. The van der Waals surface area contributed by atoms with E-state index in [-0.39, 0.29) is 11.5 Å². The number of carbonyl (C=O) groups is 1. The highest BCUT2D eigenvalue weighted by Gasteiger charge is 2.31. The molecule has 22 heavy (non-hydrogen) atoms. The lowest BCUT2D eigenvalue weighted by atomic mass is 9.78. The predicted molar refractivity (Wildman–Crippen MR) is 87.2 cm³/mol. The van der Waals surface area contributed by atoms with Gasteiger partial charge in [0.05, 0.1) is 10.9 Å². The van der Waals surface area contributed by atoms with Crippen LogP contribution in [0.5, 0.6) is 5.75 Å². The maximum Gasteiger partial charge on any atom is 0.172 e. The second kappa shape index (κ2) is 5.26. The van der Waals surface area contributed by atoms with Gasteiger partial charge in [0, 0.05) is 17.1 Å². The summed E-state index contributed by atoms with van der Waals surface area (Å²) in [5, 5.41) is 10.4. The molecule has 0 aliphatic carbocycles. The molecule has 0 amide bonds. The van der Waals surface area contributed by atoms with Crippen LogP contribution in [0.4, 0.5) is 0 Å². The first-order valence-corrected chi connectivity index (χ1v) is 7.17. The summed E-state index contributed by atoms with van der Waals surface area (Å²) in [5.41, 5.74) is 1.69. The van der Waals surface area contributed by atoms with E-state index < -0.39 is 5.41 Å². The first kappa shape index (κ1) is 14.3. The standard InChI is InChI=1S/C19H17NO2/c1-19(2,18(22)13-7-9-16(21)10-8-13)15-11-14-5-3-4-6-17(14)20-12-15/h3-12,21H,1-2H3. The zero-order chi connectivity index (χ0) is 15.7. The van der Waals surface area contributed by atoms with Crippen LogP contribution in [0.15, 0.2) is 60.8 Å². The van der Waals surface area contributed by atoms with E-state index in [1.807, 2.05) is 44.2 Å². The number of pyridine rings is 1. The molecule has 3 heteroatoms. The summed E-state index contributed by atoms with van der Waals surface area (Å²) in [7, 11) is 0. The lowest BCUT2D eigenvalue weighted by Gasteiger charge is -2.24. The maximum atomic E-state index is 12.8. The number of aromatic hydroxyl groups is 1. The Balaban J connectivity index is 2.02.